The Balaban J connectivity index is 2.35. The van der Waals surface area contributed by atoms with Crippen molar-refractivity contribution in [3.05, 3.63) is 28.7 Å². The average Bonchev–Trinajstić information content (AvgIpc) is 2.79. The van der Waals surface area contributed by atoms with Crippen LogP contribution in [-0.2, 0) is 6.54 Å². The number of aromatic nitrogens is 1. The summed E-state index contributed by atoms with van der Waals surface area (Å²) in [6, 6.07) is 0. The maximum absolute atomic E-state index is 4.47. The van der Waals surface area contributed by atoms with Crippen LogP contribution in [0.4, 0.5) is 0 Å². The Morgan fingerprint density at radius 1 is 1.68 bits per heavy atom. The molecule has 0 bridgehead atoms. The van der Waals surface area contributed by atoms with E-state index in [1.165, 1.54) is 0 Å². The standard InChI is InChI=1S/C13H22N4S2/c1-5-7-18-8-6-15-13(14-3)17(4)9-12-10-19-11(2)16-12/h5,10H,1,6-9H2,2-4H3,(H,14,15). The second-order valence-corrected chi connectivity index (χ2v) is 6.26. The minimum atomic E-state index is 0.782. The molecule has 4 nitrogen and oxygen atoms in total. The molecule has 0 saturated carbocycles. The first-order valence-corrected chi connectivity index (χ1v) is 8.22. The molecule has 1 N–H and O–H groups in total. The minimum absolute atomic E-state index is 0.782. The van der Waals surface area contributed by atoms with Crippen molar-refractivity contribution in [3.8, 4) is 0 Å². The third-order valence-corrected chi connectivity index (χ3v) is 4.19. The van der Waals surface area contributed by atoms with Gasteiger partial charge in [0.1, 0.15) is 0 Å². The number of rotatable bonds is 7. The molecule has 0 aliphatic heterocycles. The number of aliphatic imine (C=N–C) groups is 1. The van der Waals surface area contributed by atoms with E-state index in [1.54, 1.807) is 11.3 Å². The molecule has 106 valence electrons. The van der Waals surface area contributed by atoms with Gasteiger partial charge in [0.05, 0.1) is 17.2 Å². The summed E-state index contributed by atoms with van der Waals surface area (Å²) >= 11 is 3.54. The first-order chi connectivity index (χ1) is 9.17. The van der Waals surface area contributed by atoms with Gasteiger partial charge in [-0.25, -0.2) is 4.98 Å². The molecule has 0 fully saturated rings. The van der Waals surface area contributed by atoms with Crippen LogP contribution >= 0.6 is 23.1 Å². The highest BCUT2D eigenvalue weighted by Gasteiger charge is 2.07. The molecule has 1 rings (SSSR count). The van der Waals surface area contributed by atoms with Crippen molar-refractivity contribution in [2.75, 3.05) is 32.1 Å². The summed E-state index contributed by atoms with van der Waals surface area (Å²) in [5, 5.41) is 6.55. The summed E-state index contributed by atoms with van der Waals surface area (Å²) in [4.78, 5) is 10.8. The molecule has 0 aliphatic rings. The van der Waals surface area contributed by atoms with Crippen molar-refractivity contribution >= 4 is 29.1 Å². The van der Waals surface area contributed by atoms with E-state index in [9.17, 15) is 0 Å². The van der Waals surface area contributed by atoms with Gasteiger partial charge in [-0.15, -0.1) is 17.9 Å². The lowest BCUT2D eigenvalue weighted by Gasteiger charge is -2.21. The molecule has 0 unspecified atom stereocenters. The maximum Gasteiger partial charge on any atom is 0.193 e. The lowest BCUT2D eigenvalue weighted by Crippen LogP contribution is -2.39. The number of hydrogen-bond donors (Lipinski definition) is 1. The van der Waals surface area contributed by atoms with Crippen molar-refractivity contribution in [1.29, 1.82) is 0 Å². The maximum atomic E-state index is 4.47. The molecule has 19 heavy (non-hydrogen) atoms. The summed E-state index contributed by atoms with van der Waals surface area (Å²) < 4.78 is 0. The van der Waals surface area contributed by atoms with Gasteiger partial charge in [-0.05, 0) is 6.92 Å². The highest BCUT2D eigenvalue weighted by molar-refractivity contribution is 7.99. The fraction of sp³-hybridized carbons (Fsp3) is 0.538. The van der Waals surface area contributed by atoms with E-state index >= 15 is 0 Å². The normalized spacial score (nSPS) is 11.4. The summed E-state index contributed by atoms with van der Waals surface area (Å²) in [6.07, 6.45) is 1.93. The van der Waals surface area contributed by atoms with Crippen LogP contribution < -0.4 is 5.32 Å². The number of thioether (sulfide) groups is 1. The van der Waals surface area contributed by atoms with Crippen molar-refractivity contribution < 1.29 is 0 Å². The largest absolute Gasteiger partial charge is 0.355 e. The third kappa shape index (κ3) is 6.11. The SMILES string of the molecule is C=CCSCCNC(=NC)N(C)Cc1csc(C)n1. The van der Waals surface area contributed by atoms with Crippen molar-refractivity contribution in [3.63, 3.8) is 0 Å². The molecule has 6 heteroatoms. The van der Waals surface area contributed by atoms with Crippen molar-refractivity contribution in [2.24, 2.45) is 4.99 Å². The number of aryl methyl sites for hydroxylation is 1. The van der Waals surface area contributed by atoms with Crippen LogP contribution in [0.2, 0.25) is 0 Å². The van der Waals surface area contributed by atoms with Gasteiger partial charge in [-0.2, -0.15) is 11.8 Å². The first kappa shape index (κ1) is 16.0. The Labute approximate surface area is 124 Å². The molecule has 0 aliphatic carbocycles. The van der Waals surface area contributed by atoms with Gasteiger partial charge in [0.2, 0.25) is 0 Å². The zero-order valence-corrected chi connectivity index (χ0v) is 13.5. The molecule has 0 radical (unpaired) electrons. The van der Waals surface area contributed by atoms with E-state index in [0.29, 0.717) is 0 Å². The van der Waals surface area contributed by atoms with Crippen molar-refractivity contribution in [2.45, 2.75) is 13.5 Å². The van der Waals surface area contributed by atoms with Crippen LogP contribution in [0, 0.1) is 6.92 Å². The van der Waals surface area contributed by atoms with Gasteiger partial charge >= 0.3 is 0 Å². The monoisotopic (exact) mass is 298 g/mol. The van der Waals surface area contributed by atoms with Gasteiger partial charge < -0.3 is 10.2 Å². The Hall–Kier alpha value is -1.01. The number of nitrogens with one attached hydrogen (secondary N) is 1. The summed E-state index contributed by atoms with van der Waals surface area (Å²) in [6.45, 7) is 7.42. The molecule has 0 atom stereocenters. The summed E-state index contributed by atoms with van der Waals surface area (Å²) in [5.74, 6) is 2.95. The number of thiazole rings is 1. The predicted molar refractivity (Wildman–Crippen MR) is 87.2 cm³/mol. The Morgan fingerprint density at radius 2 is 2.47 bits per heavy atom. The molecule has 1 heterocycles. The number of guanidine groups is 1. The topological polar surface area (TPSA) is 40.5 Å². The van der Waals surface area contributed by atoms with E-state index in [0.717, 1.165) is 41.3 Å². The lowest BCUT2D eigenvalue weighted by atomic mass is 10.4. The quantitative estimate of drug-likeness (QED) is 0.363. The lowest BCUT2D eigenvalue weighted by molar-refractivity contribution is 0.473. The van der Waals surface area contributed by atoms with E-state index < -0.39 is 0 Å². The molecule has 1 aromatic rings. The summed E-state index contributed by atoms with van der Waals surface area (Å²) in [5.41, 5.74) is 1.09. The van der Waals surface area contributed by atoms with Gasteiger partial charge in [0.25, 0.3) is 0 Å². The van der Waals surface area contributed by atoms with Crippen LogP contribution in [0.25, 0.3) is 0 Å². The fourth-order valence-corrected chi connectivity index (χ4v) is 2.77. The van der Waals surface area contributed by atoms with Gasteiger partial charge in [-0.1, -0.05) is 6.08 Å². The zero-order chi connectivity index (χ0) is 14.1. The Kier molecular flexibility index (Phi) is 7.59. The first-order valence-electron chi connectivity index (χ1n) is 6.18. The van der Waals surface area contributed by atoms with Crippen LogP contribution in [0.3, 0.4) is 0 Å². The van der Waals surface area contributed by atoms with E-state index in [1.807, 2.05) is 38.9 Å². The summed E-state index contributed by atoms with van der Waals surface area (Å²) in [7, 11) is 3.84. The second-order valence-electron chi connectivity index (χ2n) is 4.05. The van der Waals surface area contributed by atoms with Crippen LogP contribution in [0.1, 0.15) is 10.7 Å². The molecular weight excluding hydrogens is 276 g/mol. The van der Waals surface area contributed by atoms with Crippen LogP contribution in [0.5, 0.6) is 0 Å². The van der Waals surface area contributed by atoms with E-state index in [4.69, 9.17) is 0 Å². The van der Waals surface area contributed by atoms with Gasteiger partial charge in [-0.3, -0.25) is 4.99 Å². The number of nitrogens with zero attached hydrogens (tertiary/aromatic N) is 3. The highest BCUT2D eigenvalue weighted by Crippen LogP contribution is 2.09. The average molecular weight is 298 g/mol. The number of hydrogen-bond acceptors (Lipinski definition) is 4. The Morgan fingerprint density at radius 3 is 3.05 bits per heavy atom. The van der Waals surface area contributed by atoms with E-state index in [-0.39, 0.29) is 0 Å². The van der Waals surface area contributed by atoms with Crippen LogP contribution in [-0.4, -0.2) is 48.0 Å². The Bertz CT molecular complexity index is 415. The van der Waals surface area contributed by atoms with Crippen molar-refractivity contribution in [1.82, 2.24) is 15.2 Å². The molecule has 0 spiro atoms. The second kappa shape index (κ2) is 8.98. The molecule has 1 aromatic heterocycles. The third-order valence-electron chi connectivity index (χ3n) is 2.40. The highest BCUT2D eigenvalue weighted by atomic mass is 32.2. The molecular formula is C13H22N4S2. The molecule has 0 aromatic carbocycles. The smallest absolute Gasteiger partial charge is 0.193 e. The fourth-order valence-electron chi connectivity index (χ4n) is 1.59. The van der Waals surface area contributed by atoms with Crippen LogP contribution in [0.15, 0.2) is 23.0 Å². The molecule has 0 saturated heterocycles. The molecule has 0 amide bonds. The minimum Gasteiger partial charge on any atom is -0.355 e. The van der Waals surface area contributed by atoms with E-state index in [2.05, 4.69) is 32.2 Å². The van der Waals surface area contributed by atoms with Gasteiger partial charge in [0.15, 0.2) is 5.96 Å². The zero-order valence-electron chi connectivity index (χ0n) is 11.8. The predicted octanol–water partition coefficient (Wildman–Crippen LogP) is 2.38. The van der Waals surface area contributed by atoms with Gasteiger partial charge in [0, 0.05) is 37.5 Å².